The van der Waals surface area contributed by atoms with Gasteiger partial charge in [0.25, 0.3) is 0 Å². The summed E-state index contributed by atoms with van der Waals surface area (Å²) in [5.41, 5.74) is 0. The molecular weight excluding hydrogens is 256 g/mol. The summed E-state index contributed by atoms with van der Waals surface area (Å²) >= 11 is 0. The lowest BCUT2D eigenvalue weighted by Crippen LogP contribution is -2.42. The van der Waals surface area contributed by atoms with E-state index < -0.39 is 5.97 Å². The van der Waals surface area contributed by atoms with Gasteiger partial charge in [-0.15, -0.1) is 0 Å². The van der Waals surface area contributed by atoms with Crippen LogP contribution in [0.2, 0.25) is 0 Å². The van der Waals surface area contributed by atoms with Gasteiger partial charge in [-0.3, -0.25) is 14.5 Å². The minimum Gasteiger partial charge on any atom is -0.480 e. The van der Waals surface area contributed by atoms with Gasteiger partial charge in [-0.05, 0) is 31.7 Å². The van der Waals surface area contributed by atoms with E-state index in [9.17, 15) is 9.59 Å². The Labute approximate surface area is 122 Å². The number of hydrogen-bond donors (Lipinski definition) is 1. The van der Waals surface area contributed by atoms with Gasteiger partial charge in [0, 0.05) is 13.1 Å². The van der Waals surface area contributed by atoms with Crippen LogP contribution in [0.15, 0.2) is 0 Å². The fraction of sp³-hybridized carbons (Fsp3) is 0.867. The first-order valence-electron chi connectivity index (χ1n) is 7.40. The average molecular weight is 286 g/mol. The van der Waals surface area contributed by atoms with Crippen LogP contribution in [-0.2, 0) is 9.59 Å². The van der Waals surface area contributed by atoms with E-state index in [0.29, 0.717) is 11.8 Å². The van der Waals surface area contributed by atoms with Gasteiger partial charge in [-0.25, -0.2) is 0 Å². The number of nitrogens with zero attached hydrogens (tertiary/aromatic N) is 2. The van der Waals surface area contributed by atoms with Crippen LogP contribution in [0.1, 0.15) is 40.5 Å². The lowest BCUT2D eigenvalue weighted by Gasteiger charge is -2.26. The Morgan fingerprint density at radius 3 is 1.75 bits per heavy atom. The van der Waals surface area contributed by atoms with E-state index in [0.717, 1.165) is 25.9 Å². The smallest absolute Gasteiger partial charge is 0.317 e. The van der Waals surface area contributed by atoms with Gasteiger partial charge < -0.3 is 10.0 Å². The average Bonchev–Trinajstić information content (AvgIpc) is 2.26. The van der Waals surface area contributed by atoms with E-state index in [2.05, 4.69) is 27.7 Å². The molecule has 0 radical (unpaired) electrons. The molecule has 0 fully saturated rings. The van der Waals surface area contributed by atoms with E-state index in [1.165, 1.54) is 0 Å². The Morgan fingerprint density at radius 2 is 1.40 bits per heavy atom. The fourth-order valence-electron chi connectivity index (χ4n) is 1.81. The third-order valence-corrected chi connectivity index (χ3v) is 3.12. The molecule has 0 saturated heterocycles. The summed E-state index contributed by atoms with van der Waals surface area (Å²) in [5.74, 6) is 0.230. The molecule has 0 aliphatic heterocycles. The van der Waals surface area contributed by atoms with Crippen LogP contribution in [0, 0.1) is 11.8 Å². The summed E-state index contributed by atoms with van der Waals surface area (Å²) in [6, 6.07) is 0. The highest BCUT2D eigenvalue weighted by molar-refractivity contribution is 5.79. The van der Waals surface area contributed by atoms with Crippen LogP contribution in [0.4, 0.5) is 0 Å². The third kappa shape index (κ3) is 9.78. The fourth-order valence-corrected chi connectivity index (χ4v) is 1.81. The van der Waals surface area contributed by atoms with Gasteiger partial charge in [0.2, 0.25) is 5.91 Å². The van der Waals surface area contributed by atoms with Crippen molar-refractivity contribution in [1.29, 1.82) is 0 Å². The van der Waals surface area contributed by atoms with Crippen LogP contribution < -0.4 is 0 Å². The molecule has 1 N–H and O–H groups in total. The summed E-state index contributed by atoms with van der Waals surface area (Å²) in [5, 5.41) is 8.72. The lowest BCUT2D eigenvalue weighted by molar-refractivity contribution is -0.139. The third-order valence-electron chi connectivity index (χ3n) is 3.12. The van der Waals surface area contributed by atoms with Crippen LogP contribution in [0.5, 0.6) is 0 Å². The van der Waals surface area contributed by atoms with Crippen molar-refractivity contribution in [2.24, 2.45) is 11.8 Å². The summed E-state index contributed by atoms with van der Waals surface area (Å²) in [4.78, 5) is 26.3. The highest BCUT2D eigenvalue weighted by Gasteiger charge is 2.17. The zero-order chi connectivity index (χ0) is 15.7. The molecule has 0 aliphatic rings. The molecule has 0 unspecified atom stereocenters. The molecule has 0 aromatic heterocycles. The SMILES string of the molecule is CC(C)CCN(CCC(C)C)C(=O)CN(C)CC(=O)O. The maximum absolute atomic E-state index is 12.3. The van der Waals surface area contributed by atoms with Crippen molar-refractivity contribution >= 4 is 11.9 Å². The highest BCUT2D eigenvalue weighted by Crippen LogP contribution is 2.07. The Hall–Kier alpha value is -1.10. The summed E-state index contributed by atoms with van der Waals surface area (Å²) in [6.45, 7) is 10.1. The number of amides is 1. The van der Waals surface area contributed by atoms with Gasteiger partial charge in [0.1, 0.15) is 0 Å². The molecule has 0 heterocycles. The first-order chi connectivity index (χ1) is 9.22. The first kappa shape index (κ1) is 18.9. The largest absolute Gasteiger partial charge is 0.480 e. The van der Waals surface area contributed by atoms with Crippen molar-refractivity contribution in [3.63, 3.8) is 0 Å². The molecular formula is C15H30N2O3. The molecule has 0 saturated carbocycles. The number of carboxylic acids is 1. The van der Waals surface area contributed by atoms with Crippen LogP contribution in [-0.4, -0.2) is 60.0 Å². The zero-order valence-electron chi connectivity index (χ0n) is 13.6. The van der Waals surface area contributed by atoms with Gasteiger partial charge in [0.05, 0.1) is 13.1 Å². The second-order valence-corrected chi connectivity index (χ2v) is 6.31. The molecule has 0 atom stereocenters. The quantitative estimate of drug-likeness (QED) is 0.666. The minimum atomic E-state index is -0.906. The Bertz CT molecular complexity index is 291. The number of rotatable bonds is 10. The molecule has 0 aromatic carbocycles. The maximum Gasteiger partial charge on any atom is 0.317 e. The second-order valence-electron chi connectivity index (χ2n) is 6.31. The standard InChI is InChI=1S/C15H30N2O3/c1-12(2)6-8-17(9-7-13(3)4)14(18)10-16(5)11-15(19)20/h12-13H,6-11H2,1-5H3,(H,19,20). The number of carbonyl (C=O) groups is 2. The van der Waals surface area contributed by atoms with E-state index >= 15 is 0 Å². The number of carboxylic acid groups (broad SMARTS) is 1. The van der Waals surface area contributed by atoms with Gasteiger partial charge >= 0.3 is 5.97 Å². The molecule has 0 bridgehead atoms. The molecule has 1 amide bonds. The highest BCUT2D eigenvalue weighted by atomic mass is 16.4. The monoisotopic (exact) mass is 286 g/mol. The van der Waals surface area contributed by atoms with Gasteiger partial charge in [0.15, 0.2) is 0 Å². The van der Waals surface area contributed by atoms with E-state index in [4.69, 9.17) is 5.11 Å². The van der Waals surface area contributed by atoms with Crippen molar-refractivity contribution in [2.45, 2.75) is 40.5 Å². The molecule has 0 rings (SSSR count). The van der Waals surface area contributed by atoms with Crippen molar-refractivity contribution in [3.05, 3.63) is 0 Å². The molecule has 5 nitrogen and oxygen atoms in total. The van der Waals surface area contributed by atoms with E-state index in [-0.39, 0.29) is 19.0 Å². The maximum atomic E-state index is 12.3. The second kappa shape index (κ2) is 9.75. The first-order valence-corrected chi connectivity index (χ1v) is 7.40. The van der Waals surface area contributed by atoms with E-state index in [1.54, 1.807) is 11.9 Å². The van der Waals surface area contributed by atoms with Gasteiger partial charge in [-0.2, -0.15) is 0 Å². The molecule has 0 aliphatic carbocycles. The zero-order valence-corrected chi connectivity index (χ0v) is 13.6. The Balaban J connectivity index is 4.41. The topological polar surface area (TPSA) is 60.9 Å². The summed E-state index contributed by atoms with van der Waals surface area (Å²) in [7, 11) is 1.66. The summed E-state index contributed by atoms with van der Waals surface area (Å²) < 4.78 is 0. The molecule has 5 heteroatoms. The predicted octanol–water partition coefficient (Wildman–Crippen LogP) is 1.92. The molecule has 0 aromatic rings. The Morgan fingerprint density at radius 1 is 0.950 bits per heavy atom. The Kier molecular flexibility index (Phi) is 9.21. The van der Waals surface area contributed by atoms with Crippen molar-refractivity contribution in [2.75, 3.05) is 33.2 Å². The normalized spacial score (nSPS) is 11.4. The van der Waals surface area contributed by atoms with Crippen molar-refractivity contribution in [1.82, 2.24) is 9.80 Å². The number of likely N-dealkylation sites (N-methyl/N-ethyl adjacent to an activating group) is 1. The van der Waals surface area contributed by atoms with Crippen molar-refractivity contribution < 1.29 is 14.7 Å². The van der Waals surface area contributed by atoms with Crippen LogP contribution in [0.3, 0.4) is 0 Å². The minimum absolute atomic E-state index is 0.0232. The van der Waals surface area contributed by atoms with Crippen molar-refractivity contribution in [3.8, 4) is 0 Å². The van der Waals surface area contributed by atoms with E-state index in [1.807, 2.05) is 4.90 Å². The molecule has 118 valence electrons. The van der Waals surface area contributed by atoms with Crippen LogP contribution >= 0.6 is 0 Å². The molecule has 20 heavy (non-hydrogen) atoms. The number of aliphatic carboxylic acids is 1. The molecule has 0 spiro atoms. The van der Waals surface area contributed by atoms with Crippen LogP contribution in [0.25, 0.3) is 0 Å². The summed E-state index contributed by atoms with van der Waals surface area (Å²) in [6.07, 6.45) is 1.96. The lowest BCUT2D eigenvalue weighted by atomic mass is 10.1. The number of hydrogen-bond acceptors (Lipinski definition) is 3. The number of carbonyl (C=O) groups excluding carboxylic acids is 1. The van der Waals surface area contributed by atoms with Gasteiger partial charge in [-0.1, -0.05) is 27.7 Å². The predicted molar refractivity (Wildman–Crippen MR) is 80.6 cm³/mol.